The molecule has 1 unspecified atom stereocenters. The number of furan rings is 1. The lowest BCUT2D eigenvalue weighted by Crippen LogP contribution is -1.98. The zero-order chi connectivity index (χ0) is 10.5. The molecular weight excluding hydrogens is 186 g/mol. The topological polar surface area (TPSA) is 36.9 Å². The Morgan fingerprint density at radius 2 is 1.93 bits per heavy atom. The smallest absolute Gasteiger partial charge is 0.105 e. The molecule has 0 aliphatic heterocycles. The van der Waals surface area contributed by atoms with Crippen LogP contribution in [-0.4, -0.2) is 0 Å². The van der Waals surface area contributed by atoms with E-state index >= 15 is 0 Å². The van der Waals surface area contributed by atoms with Crippen LogP contribution in [0.5, 0.6) is 0 Å². The summed E-state index contributed by atoms with van der Waals surface area (Å²) in [5.74, 6) is 0.725. The van der Waals surface area contributed by atoms with E-state index in [-0.39, 0.29) is 5.92 Å². The zero-order valence-corrected chi connectivity index (χ0v) is 8.26. The van der Waals surface area contributed by atoms with Crippen molar-refractivity contribution in [3.05, 3.63) is 60.1 Å². The van der Waals surface area contributed by atoms with E-state index in [1.165, 1.54) is 0 Å². The van der Waals surface area contributed by atoms with Gasteiger partial charge >= 0.3 is 0 Å². The molecule has 2 aromatic rings. The van der Waals surface area contributed by atoms with Gasteiger partial charge in [0.15, 0.2) is 0 Å². The summed E-state index contributed by atoms with van der Waals surface area (Å²) in [6.45, 7) is 0. The van der Waals surface area contributed by atoms with Crippen molar-refractivity contribution in [1.29, 1.82) is 5.26 Å². The van der Waals surface area contributed by atoms with Crippen molar-refractivity contribution in [2.75, 3.05) is 0 Å². The highest BCUT2D eigenvalue weighted by Crippen LogP contribution is 2.19. The quantitative estimate of drug-likeness (QED) is 0.758. The molecule has 1 heterocycles. The molecule has 74 valence electrons. The average Bonchev–Trinajstić information content (AvgIpc) is 2.80. The van der Waals surface area contributed by atoms with Crippen molar-refractivity contribution in [3.63, 3.8) is 0 Å². The largest absolute Gasteiger partial charge is 0.469 e. The van der Waals surface area contributed by atoms with Crippen molar-refractivity contribution in [3.8, 4) is 6.07 Å². The Morgan fingerprint density at radius 3 is 2.53 bits per heavy atom. The van der Waals surface area contributed by atoms with Gasteiger partial charge in [0.1, 0.15) is 5.76 Å². The summed E-state index contributed by atoms with van der Waals surface area (Å²) in [5, 5.41) is 9.09. The molecule has 2 rings (SSSR count). The van der Waals surface area contributed by atoms with Crippen molar-refractivity contribution < 1.29 is 4.42 Å². The lowest BCUT2D eigenvalue weighted by atomic mass is 9.96. The summed E-state index contributed by atoms with van der Waals surface area (Å²) >= 11 is 0. The summed E-state index contributed by atoms with van der Waals surface area (Å²) in [6, 6.07) is 15.8. The summed E-state index contributed by atoms with van der Waals surface area (Å²) in [4.78, 5) is 0. The van der Waals surface area contributed by atoms with Crippen LogP contribution >= 0.6 is 0 Å². The van der Waals surface area contributed by atoms with Gasteiger partial charge < -0.3 is 4.42 Å². The Hall–Kier alpha value is -2.01. The predicted molar refractivity (Wildman–Crippen MR) is 57.2 cm³/mol. The van der Waals surface area contributed by atoms with Crippen molar-refractivity contribution in [2.24, 2.45) is 0 Å². The molecule has 1 atom stereocenters. The maximum atomic E-state index is 9.09. The number of nitriles is 1. The number of benzene rings is 1. The lowest BCUT2D eigenvalue weighted by molar-refractivity contribution is 0.501. The SMILES string of the molecule is N#CC(Cc1ccco1)c1ccccc1. The van der Waals surface area contributed by atoms with Gasteiger partial charge in [-0.1, -0.05) is 30.3 Å². The molecule has 0 amide bonds. The van der Waals surface area contributed by atoms with Gasteiger partial charge in [-0.2, -0.15) is 5.26 Å². The minimum absolute atomic E-state index is 0.127. The number of rotatable bonds is 3. The Morgan fingerprint density at radius 1 is 1.13 bits per heavy atom. The molecule has 0 spiro atoms. The van der Waals surface area contributed by atoms with E-state index in [9.17, 15) is 0 Å². The molecule has 1 aromatic heterocycles. The second-order valence-corrected chi connectivity index (χ2v) is 3.38. The zero-order valence-electron chi connectivity index (χ0n) is 8.26. The van der Waals surface area contributed by atoms with Crippen LogP contribution in [0.15, 0.2) is 53.1 Å². The van der Waals surface area contributed by atoms with Crippen LogP contribution in [-0.2, 0) is 6.42 Å². The highest BCUT2D eigenvalue weighted by atomic mass is 16.3. The molecule has 0 bridgehead atoms. The van der Waals surface area contributed by atoms with E-state index in [1.54, 1.807) is 6.26 Å². The van der Waals surface area contributed by atoms with Gasteiger partial charge in [0, 0.05) is 6.42 Å². The van der Waals surface area contributed by atoms with E-state index in [4.69, 9.17) is 9.68 Å². The Labute approximate surface area is 88.8 Å². The molecule has 0 fully saturated rings. The predicted octanol–water partition coefficient (Wildman–Crippen LogP) is 3.13. The van der Waals surface area contributed by atoms with Crippen LogP contribution in [0.3, 0.4) is 0 Å². The molecule has 2 heteroatoms. The fourth-order valence-corrected chi connectivity index (χ4v) is 1.55. The Bertz CT molecular complexity index is 439. The first-order valence-electron chi connectivity index (χ1n) is 4.87. The molecule has 0 N–H and O–H groups in total. The Kier molecular flexibility index (Phi) is 2.85. The summed E-state index contributed by atoms with van der Waals surface area (Å²) < 4.78 is 5.24. The molecule has 0 radical (unpaired) electrons. The van der Waals surface area contributed by atoms with Crippen LogP contribution in [0.1, 0.15) is 17.2 Å². The number of hydrogen-bond acceptors (Lipinski definition) is 2. The second kappa shape index (κ2) is 4.47. The first kappa shape index (κ1) is 9.54. The monoisotopic (exact) mass is 197 g/mol. The van der Waals surface area contributed by atoms with Gasteiger partial charge in [0.25, 0.3) is 0 Å². The molecule has 0 saturated heterocycles. The fourth-order valence-electron chi connectivity index (χ4n) is 1.55. The van der Waals surface area contributed by atoms with Crippen molar-refractivity contribution in [1.82, 2.24) is 0 Å². The van der Waals surface area contributed by atoms with E-state index in [2.05, 4.69) is 6.07 Å². The summed E-state index contributed by atoms with van der Waals surface area (Å²) in [5.41, 5.74) is 1.04. The van der Waals surface area contributed by atoms with Gasteiger partial charge in [-0.05, 0) is 17.7 Å². The van der Waals surface area contributed by atoms with Crippen LogP contribution in [0, 0.1) is 11.3 Å². The van der Waals surface area contributed by atoms with E-state index in [0.717, 1.165) is 11.3 Å². The van der Waals surface area contributed by atoms with Crippen LogP contribution in [0.25, 0.3) is 0 Å². The first-order chi connectivity index (χ1) is 7.40. The van der Waals surface area contributed by atoms with Gasteiger partial charge in [-0.15, -0.1) is 0 Å². The second-order valence-electron chi connectivity index (χ2n) is 3.38. The van der Waals surface area contributed by atoms with Gasteiger partial charge in [0.2, 0.25) is 0 Å². The van der Waals surface area contributed by atoms with Crippen LogP contribution in [0.2, 0.25) is 0 Å². The maximum Gasteiger partial charge on any atom is 0.105 e. The third-order valence-electron chi connectivity index (χ3n) is 2.34. The molecular formula is C13H11NO. The minimum atomic E-state index is -0.127. The fraction of sp³-hybridized carbons (Fsp3) is 0.154. The maximum absolute atomic E-state index is 9.09. The molecule has 1 aromatic carbocycles. The van der Waals surface area contributed by atoms with Crippen molar-refractivity contribution >= 4 is 0 Å². The minimum Gasteiger partial charge on any atom is -0.469 e. The molecule has 0 aliphatic rings. The van der Waals surface area contributed by atoms with Gasteiger partial charge in [-0.25, -0.2) is 0 Å². The highest BCUT2D eigenvalue weighted by molar-refractivity contribution is 5.26. The van der Waals surface area contributed by atoms with Gasteiger partial charge in [0.05, 0.1) is 18.3 Å². The molecule has 0 saturated carbocycles. The van der Waals surface area contributed by atoms with E-state index < -0.39 is 0 Å². The standard InChI is InChI=1S/C13H11NO/c14-10-12(9-13-7-4-8-15-13)11-5-2-1-3-6-11/h1-8,12H,9H2. The van der Waals surface area contributed by atoms with E-state index in [1.807, 2.05) is 42.5 Å². The van der Waals surface area contributed by atoms with E-state index in [0.29, 0.717) is 6.42 Å². The number of nitrogens with zero attached hydrogens (tertiary/aromatic N) is 1. The van der Waals surface area contributed by atoms with Gasteiger partial charge in [-0.3, -0.25) is 0 Å². The molecule has 15 heavy (non-hydrogen) atoms. The lowest BCUT2D eigenvalue weighted by Gasteiger charge is -2.06. The third-order valence-corrected chi connectivity index (χ3v) is 2.34. The molecule has 0 aliphatic carbocycles. The first-order valence-corrected chi connectivity index (χ1v) is 4.87. The highest BCUT2D eigenvalue weighted by Gasteiger charge is 2.12. The third kappa shape index (κ3) is 2.26. The van der Waals surface area contributed by atoms with Crippen molar-refractivity contribution in [2.45, 2.75) is 12.3 Å². The molecule has 2 nitrogen and oxygen atoms in total. The average molecular weight is 197 g/mol. The van der Waals surface area contributed by atoms with Crippen LogP contribution < -0.4 is 0 Å². The number of hydrogen-bond donors (Lipinski definition) is 0. The van der Waals surface area contributed by atoms with Crippen LogP contribution in [0.4, 0.5) is 0 Å². The Balaban J connectivity index is 2.16. The summed E-state index contributed by atoms with van der Waals surface area (Å²) in [6.07, 6.45) is 2.27. The summed E-state index contributed by atoms with van der Waals surface area (Å²) in [7, 11) is 0. The normalized spacial score (nSPS) is 11.9.